The maximum Gasteiger partial charge on any atom is 0.257 e. The highest BCUT2D eigenvalue weighted by atomic mass is 79.9. The third-order valence-electron chi connectivity index (χ3n) is 3.74. The summed E-state index contributed by atoms with van der Waals surface area (Å²) in [6.45, 7) is 2.57. The Hall–Kier alpha value is -1.88. The van der Waals surface area contributed by atoms with Crippen molar-refractivity contribution >= 4 is 27.5 Å². The fraction of sp³-hybridized carbons (Fsp3) is 0.235. The zero-order valence-electron chi connectivity index (χ0n) is 12.1. The van der Waals surface area contributed by atoms with Crippen LogP contribution in [-0.4, -0.2) is 17.4 Å². The molecule has 0 aliphatic carbocycles. The summed E-state index contributed by atoms with van der Waals surface area (Å²) < 4.78 is 15.1. The van der Waals surface area contributed by atoms with Crippen LogP contribution >= 0.6 is 15.9 Å². The molecule has 1 heterocycles. The van der Waals surface area contributed by atoms with Gasteiger partial charge in [-0.15, -0.1) is 0 Å². The van der Waals surface area contributed by atoms with Crippen molar-refractivity contribution in [1.82, 2.24) is 4.90 Å². The van der Waals surface area contributed by atoms with Crippen molar-refractivity contribution in [2.24, 2.45) is 0 Å². The van der Waals surface area contributed by atoms with Crippen LogP contribution in [0.4, 0.5) is 10.1 Å². The minimum absolute atomic E-state index is 0.0689. The zero-order valence-corrected chi connectivity index (χ0v) is 13.7. The first kappa shape index (κ1) is 15.0. The topological polar surface area (TPSA) is 32.3 Å². The molecule has 0 fully saturated rings. The van der Waals surface area contributed by atoms with Crippen molar-refractivity contribution in [3.63, 3.8) is 0 Å². The lowest BCUT2D eigenvalue weighted by molar-refractivity contribution is 0.0680. The number of hydrogen-bond donors (Lipinski definition) is 1. The van der Waals surface area contributed by atoms with Gasteiger partial charge in [0.1, 0.15) is 12.0 Å². The van der Waals surface area contributed by atoms with E-state index in [1.165, 1.54) is 6.07 Å². The Bertz CT molecular complexity index is 720. The molecule has 22 heavy (non-hydrogen) atoms. The number of benzene rings is 2. The summed E-state index contributed by atoms with van der Waals surface area (Å²) in [7, 11) is 0. The average Bonchev–Trinajstić information content (AvgIpc) is 2.52. The minimum Gasteiger partial charge on any atom is -0.361 e. The van der Waals surface area contributed by atoms with Crippen LogP contribution in [0.5, 0.6) is 0 Å². The molecule has 1 atom stereocenters. The van der Waals surface area contributed by atoms with Gasteiger partial charge in [0.05, 0.1) is 5.56 Å². The highest BCUT2D eigenvalue weighted by Crippen LogP contribution is 2.34. The number of carbonyl (C=O) groups excluding carboxylic acids is 1. The molecule has 0 spiro atoms. The molecule has 2 aromatic carbocycles. The quantitative estimate of drug-likeness (QED) is 0.867. The number of rotatable bonds is 3. The second kappa shape index (κ2) is 6.08. The molecule has 3 nitrogen and oxygen atoms in total. The molecule has 0 saturated heterocycles. The van der Waals surface area contributed by atoms with E-state index in [2.05, 4.69) is 21.2 Å². The largest absolute Gasteiger partial charge is 0.361 e. The van der Waals surface area contributed by atoms with Crippen molar-refractivity contribution in [2.75, 3.05) is 11.9 Å². The van der Waals surface area contributed by atoms with Gasteiger partial charge in [0.25, 0.3) is 5.91 Å². The van der Waals surface area contributed by atoms with Gasteiger partial charge >= 0.3 is 0 Å². The van der Waals surface area contributed by atoms with Gasteiger partial charge in [-0.05, 0) is 36.8 Å². The first-order valence-corrected chi connectivity index (χ1v) is 8.02. The number of hydrogen-bond acceptors (Lipinski definition) is 2. The smallest absolute Gasteiger partial charge is 0.257 e. The first-order chi connectivity index (χ1) is 10.6. The first-order valence-electron chi connectivity index (χ1n) is 7.23. The SMILES string of the molecule is CCCN1C(=O)c2ccccc2NC1c1cc(Br)ccc1F. The maximum absolute atomic E-state index is 14.3. The van der Waals surface area contributed by atoms with Crippen molar-refractivity contribution in [2.45, 2.75) is 19.5 Å². The van der Waals surface area contributed by atoms with Gasteiger partial charge in [0.2, 0.25) is 0 Å². The monoisotopic (exact) mass is 362 g/mol. The van der Waals surface area contributed by atoms with Crippen LogP contribution in [0.15, 0.2) is 46.9 Å². The van der Waals surface area contributed by atoms with E-state index in [0.717, 1.165) is 16.6 Å². The lowest BCUT2D eigenvalue weighted by Gasteiger charge is -2.38. The van der Waals surface area contributed by atoms with Gasteiger partial charge < -0.3 is 10.2 Å². The van der Waals surface area contributed by atoms with E-state index >= 15 is 0 Å². The highest BCUT2D eigenvalue weighted by molar-refractivity contribution is 9.10. The average molecular weight is 363 g/mol. The Morgan fingerprint density at radius 3 is 2.82 bits per heavy atom. The van der Waals surface area contributed by atoms with Crippen molar-refractivity contribution in [1.29, 1.82) is 0 Å². The summed E-state index contributed by atoms with van der Waals surface area (Å²) in [4.78, 5) is 14.4. The molecule has 0 radical (unpaired) electrons. The predicted molar refractivity (Wildman–Crippen MR) is 88.2 cm³/mol. The number of amides is 1. The predicted octanol–water partition coefficient (Wildman–Crippen LogP) is 4.56. The van der Waals surface area contributed by atoms with Crippen molar-refractivity contribution < 1.29 is 9.18 Å². The van der Waals surface area contributed by atoms with Gasteiger partial charge in [-0.25, -0.2) is 4.39 Å². The summed E-state index contributed by atoms with van der Waals surface area (Å²) in [6.07, 6.45) is 0.307. The molecule has 5 heteroatoms. The highest BCUT2D eigenvalue weighted by Gasteiger charge is 2.33. The van der Waals surface area contributed by atoms with E-state index in [1.807, 2.05) is 25.1 Å². The van der Waals surface area contributed by atoms with E-state index in [1.54, 1.807) is 23.1 Å². The van der Waals surface area contributed by atoms with Crippen LogP contribution in [0.1, 0.15) is 35.4 Å². The van der Waals surface area contributed by atoms with Gasteiger partial charge in [-0.2, -0.15) is 0 Å². The Morgan fingerprint density at radius 2 is 2.05 bits per heavy atom. The third-order valence-corrected chi connectivity index (χ3v) is 4.23. The van der Waals surface area contributed by atoms with E-state index in [9.17, 15) is 9.18 Å². The fourth-order valence-corrected chi connectivity index (χ4v) is 3.11. The molecule has 0 bridgehead atoms. The number of nitrogens with one attached hydrogen (secondary N) is 1. The molecule has 1 aliphatic rings. The summed E-state index contributed by atoms with van der Waals surface area (Å²) >= 11 is 3.37. The van der Waals surface area contributed by atoms with Gasteiger partial charge in [0.15, 0.2) is 0 Å². The third kappa shape index (κ3) is 2.61. The zero-order chi connectivity index (χ0) is 15.7. The van der Waals surface area contributed by atoms with Crippen molar-refractivity contribution in [3.05, 3.63) is 63.9 Å². The van der Waals surface area contributed by atoms with Crippen LogP contribution in [0.3, 0.4) is 0 Å². The summed E-state index contributed by atoms with van der Waals surface area (Å²) in [5.74, 6) is -0.394. The van der Waals surface area contributed by atoms with E-state index in [0.29, 0.717) is 17.7 Å². The second-order valence-electron chi connectivity index (χ2n) is 5.26. The van der Waals surface area contributed by atoms with E-state index in [-0.39, 0.29) is 11.7 Å². The standard InChI is InChI=1S/C17H16BrFN2O/c1-2-9-21-16(13-10-11(18)7-8-14(13)19)20-15-6-4-3-5-12(15)17(21)22/h3-8,10,16,20H,2,9H2,1H3. The second-order valence-corrected chi connectivity index (χ2v) is 6.17. The van der Waals surface area contributed by atoms with Crippen LogP contribution in [0, 0.1) is 5.82 Å². The Labute approximate surface area is 137 Å². The number of para-hydroxylation sites is 1. The number of anilines is 1. The van der Waals surface area contributed by atoms with Gasteiger partial charge in [-0.1, -0.05) is 35.0 Å². The maximum atomic E-state index is 14.3. The molecule has 1 aliphatic heterocycles. The molecule has 114 valence electrons. The molecule has 0 saturated carbocycles. The fourth-order valence-electron chi connectivity index (χ4n) is 2.73. The Balaban J connectivity index is 2.09. The van der Waals surface area contributed by atoms with Crippen LogP contribution in [0.2, 0.25) is 0 Å². The number of halogens is 2. The molecule has 3 rings (SSSR count). The summed E-state index contributed by atoms with van der Waals surface area (Å²) in [5, 5.41) is 3.29. The van der Waals surface area contributed by atoms with Gasteiger partial charge in [0, 0.05) is 22.3 Å². The number of carbonyl (C=O) groups is 1. The van der Waals surface area contributed by atoms with Crippen molar-refractivity contribution in [3.8, 4) is 0 Å². The lowest BCUT2D eigenvalue weighted by atomic mass is 10.0. The molecule has 0 aromatic heterocycles. The van der Waals surface area contributed by atoms with Crippen LogP contribution in [0.25, 0.3) is 0 Å². The summed E-state index contributed by atoms with van der Waals surface area (Å²) in [5.41, 5.74) is 1.83. The van der Waals surface area contributed by atoms with Gasteiger partial charge in [-0.3, -0.25) is 4.79 Å². The van der Waals surface area contributed by atoms with E-state index < -0.39 is 6.17 Å². The number of nitrogens with zero attached hydrogens (tertiary/aromatic N) is 1. The molecule has 1 unspecified atom stereocenters. The van der Waals surface area contributed by atoms with Crippen LogP contribution in [-0.2, 0) is 0 Å². The molecule has 2 aromatic rings. The normalized spacial score (nSPS) is 17.1. The Morgan fingerprint density at radius 1 is 1.27 bits per heavy atom. The molecular formula is C17H16BrFN2O. The number of fused-ring (bicyclic) bond motifs is 1. The Kier molecular flexibility index (Phi) is 4.16. The lowest BCUT2D eigenvalue weighted by Crippen LogP contribution is -2.43. The molecular weight excluding hydrogens is 347 g/mol. The molecule has 1 N–H and O–H groups in total. The minimum atomic E-state index is -0.500. The van der Waals surface area contributed by atoms with Crippen LogP contribution < -0.4 is 5.32 Å². The summed E-state index contributed by atoms with van der Waals surface area (Å²) in [6, 6.07) is 12.1. The molecule has 1 amide bonds. The van der Waals surface area contributed by atoms with E-state index in [4.69, 9.17) is 0 Å².